The van der Waals surface area contributed by atoms with Gasteiger partial charge in [0.05, 0.1) is 4.92 Å². The standard InChI is InChI=1S/C11H16N4O4S/c1-14(9-4-2-6-12-8-9)20(18,19)11-10(15(16)17)5-3-7-13-11/h3,5,7,9,12H,2,4,6,8H2,1H3/t9-/m0/s1. The van der Waals surface area contributed by atoms with Gasteiger partial charge in [-0.25, -0.2) is 13.4 Å². The van der Waals surface area contributed by atoms with Crippen LogP contribution in [-0.2, 0) is 10.0 Å². The highest BCUT2D eigenvalue weighted by molar-refractivity contribution is 7.89. The fourth-order valence-corrected chi connectivity index (χ4v) is 3.64. The number of hydrogen-bond acceptors (Lipinski definition) is 6. The molecule has 8 nitrogen and oxygen atoms in total. The first-order valence-corrected chi connectivity index (χ1v) is 7.67. The fraction of sp³-hybridized carbons (Fsp3) is 0.545. The van der Waals surface area contributed by atoms with Crippen LogP contribution in [0.5, 0.6) is 0 Å². The van der Waals surface area contributed by atoms with Gasteiger partial charge in [0, 0.05) is 31.9 Å². The molecule has 1 fully saturated rings. The van der Waals surface area contributed by atoms with E-state index in [2.05, 4.69) is 10.3 Å². The Bertz CT molecular complexity index is 598. The zero-order chi connectivity index (χ0) is 14.8. The first-order valence-electron chi connectivity index (χ1n) is 6.22. The van der Waals surface area contributed by atoms with Gasteiger partial charge < -0.3 is 5.32 Å². The van der Waals surface area contributed by atoms with Crippen LogP contribution >= 0.6 is 0 Å². The van der Waals surface area contributed by atoms with Crippen molar-refractivity contribution in [1.82, 2.24) is 14.6 Å². The molecule has 9 heteroatoms. The highest BCUT2D eigenvalue weighted by Gasteiger charge is 2.35. The minimum absolute atomic E-state index is 0.213. The van der Waals surface area contributed by atoms with Gasteiger partial charge in [-0.3, -0.25) is 10.1 Å². The summed E-state index contributed by atoms with van der Waals surface area (Å²) in [7, 11) is -2.54. The third-order valence-corrected chi connectivity index (χ3v) is 5.22. The van der Waals surface area contributed by atoms with Gasteiger partial charge in [0.1, 0.15) is 0 Å². The predicted octanol–water partition coefficient (Wildman–Crippen LogP) is 0.362. The highest BCUT2D eigenvalue weighted by atomic mass is 32.2. The number of sulfonamides is 1. The molecular formula is C11H16N4O4S. The summed E-state index contributed by atoms with van der Waals surface area (Å²) < 4.78 is 26.2. The maximum absolute atomic E-state index is 12.5. The van der Waals surface area contributed by atoms with Crippen molar-refractivity contribution in [2.45, 2.75) is 23.9 Å². The Kier molecular flexibility index (Phi) is 4.31. The molecule has 0 spiro atoms. The van der Waals surface area contributed by atoms with Crippen LogP contribution in [0.2, 0.25) is 0 Å². The van der Waals surface area contributed by atoms with Gasteiger partial charge in [-0.1, -0.05) is 0 Å². The second-order valence-electron chi connectivity index (χ2n) is 4.61. The zero-order valence-corrected chi connectivity index (χ0v) is 11.8. The molecule has 2 rings (SSSR count). The number of piperidine rings is 1. The molecule has 20 heavy (non-hydrogen) atoms. The minimum Gasteiger partial charge on any atom is -0.315 e. The highest BCUT2D eigenvalue weighted by Crippen LogP contribution is 2.25. The molecule has 1 aliphatic rings. The Morgan fingerprint density at radius 3 is 2.90 bits per heavy atom. The molecule has 1 aliphatic heterocycles. The molecule has 0 radical (unpaired) electrons. The van der Waals surface area contributed by atoms with Crippen molar-refractivity contribution in [2.24, 2.45) is 0 Å². The maximum Gasteiger partial charge on any atom is 0.308 e. The minimum atomic E-state index is -3.97. The molecule has 1 aromatic heterocycles. The molecule has 0 aliphatic carbocycles. The number of aromatic nitrogens is 1. The van der Waals surface area contributed by atoms with Crippen LogP contribution in [0.25, 0.3) is 0 Å². The van der Waals surface area contributed by atoms with Crippen molar-refractivity contribution in [3.8, 4) is 0 Å². The molecule has 1 atom stereocenters. The van der Waals surface area contributed by atoms with Crippen molar-refractivity contribution >= 4 is 15.7 Å². The Morgan fingerprint density at radius 2 is 2.30 bits per heavy atom. The lowest BCUT2D eigenvalue weighted by molar-refractivity contribution is -0.388. The van der Waals surface area contributed by atoms with Crippen LogP contribution in [0.1, 0.15) is 12.8 Å². The summed E-state index contributed by atoms with van der Waals surface area (Å²) in [5.41, 5.74) is -0.497. The van der Waals surface area contributed by atoms with E-state index in [-0.39, 0.29) is 6.04 Å². The molecular weight excluding hydrogens is 284 g/mol. The Hall–Kier alpha value is -1.58. The molecule has 1 aromatic rings. The Balaban J connectivity index is 2.37. The van der Waals surface area contributed by atoms with E-state index in [0.717, 1.165) is 25.5 Å². The Labute approximate surface area is 117 Å². The summed E-state index contributed by atoms with van der Waals surface area (Å²) in [6, 6.07) is 2.28. The van der Waals surface area contributed by atoms with E-state index >= 15 is 0 Å². The van der Waals surface area contributed by atoms with Crippen LogP contribution < -0.4 is 5.32 Å². The lowest BCUT2D eigenvalue weighted by Gasteiger charge is -2.30. The molecule has 0 aromatic carbocycles. The van der Waals surface area contributed by atoms with Gasteiger partial charge in [-0.2, -0.15) is 4.31 Å². The zero-order valence-electron chi connectivity index (χ0n) is 11.0. The van der Waals surface area contributed by atoms with Gasteiger partial charge in [0.15, 0.2) is 0 Å². The summed E-state index contributed by atoms with van der Waals surface area (Å²) in [6.45, 7) is 1.39. The number of hydrogen-bond donors (Lipinski definition) is 1. The topological polar surface area (TPSA) is 105 Å². The summed E-state index contributed by atoms with van der Waals surface area (Å²) in [4.78, 5) is 13.9. The van der Waals surface area contributed by atoms with Crippen LogP contribution in [0.3, 0.4) is 0 Å². The van der Waals surface area contributed by atoms with E-state index < -0.39 is 25.7 Å². The first-order chi connectivity index (χ1) is 9.44. The third-order valence-electron chi connectivity index (χ3n) is 3.36. The van der Waals surface area contributed by atoms with Crippen LogP contribution in [0.4, 0.5) is 5.69 Å². The van der Waals surface area contributed by atoms with Crippen molar-refractivity contribution < 1.29 is 13.3 Å². The number of nitro groups is 1. The van der Waals surface area contributed by atoms with E-state index in [1.165, 1.54) is 23.6 Å². The van der Waals surface area contributed by atoms with Crippen molar-refractivity contribution in [3.05, 3.63) is 28.4 Å². The Morgan fingerprint density at radius 1 is 1.55 bits per heavy atom. The van der Waals surface area contributed by atoms with E-state index in [9.17, 15) is 18.5 Å². The summed E-state index contributed by atoms with van der Waals surface area (Å²) >= 11 is 0. The predicted molar refractivity (Wildman–Crippen MR) is 71.7 cm³/mol. The number of rotatable bonds is 4. The molecule has 1 N–H and O–H groups in total. The largest absolute Gasteiger partial charge is 0.315 e. The van der Waals surface area contributed by atoms with E-state index in [4.69, 9.17) is 0 Å². The van der Waals surface area contributed by atoms with Crippen molar-refractivity contribution in [2.75, 3.05) is 20.1 Å². The summed E-state index contributed by atoms with van der Waals surface area (Å²) in [5.74, 6) is 0. The number of likely N-dealkylation sites (N-methyl/N-ethyl adjacent to an activating group) is 1. The second kappa shape index (κ2) is 5.81. The number of pyridine rings is 1. The molecule has 2 heterocycles. The van der Waals surface area contributed by atoms with Crippen LogP contribution in [-0.4, -0.2) is 48.8 Å². The number of nitrogens with zero attached hydrogens (tertiary/aromatic N) is 3. The van der Waals surface area contributed by atoms with Crippen LogP contribution in [0.15, 0.2) is 23.4 Å². The average Bonchev–Trinajstić information content (AvgIpc) is 2.47. The lowest BCUT2D eigenvalue weighted by atomic mass is 10.1. The summed E-state index contributed by atoms with van der Waals surface area (Å²) in [5, 5.41) is 13.6. The van der Waals surface area contributed by atoms with Crippen molar-refractivity contribution in [3.63, 3.8) is 0 Å². The van der Waals surface area contributed by atoms with Gasteiger partial charge in [-0.15, -0.1) is 0 Å². The summed E-state index contributed by atoms with van der Waals surface area (Å²) in [6.07, 6.45) is 2.84. The second-order valence-corrected chi connectivity index (χ2v) is 6.52. The molecule has 110 valence electrons. The fourth-order valence-electron chi connectivity index (χ4n) is 2.20. The van der Waals surface area contributed by atoms with Gasteiger partial charge in [0.25, 0.3) is 10.0 Å². The van der Waals surface area contributed by atoms with Gasteiger partial charge in [0.2, 0.25) is 5.03 Å². The SMILES string of the molecule is CN([C@H]1CCCNC1)S(=O)(=O)c1ncccc1[N+](=O)[O-]. The van der Waals surface area contributed by atoms with Crippen LogP contribution in [0, 0.1) is 10.1 Å². The lowest BCUT2D eigenvalue weighted by Crippen LogP contribution is -2.46. The molecule has 0 bridgehead atoms. The van der Waals surface area contributed by atoms with Gasteiger partial charge in [-0.05, 0) is 25.5 Å². The quantitative estimate of drug-likeness (QED) is 0.636. The molecule has 0 amide bonds. The smallest absolute Gasteiger partial charge is 0.308 e. The number of nitrogens with one attached hydrogen (secondary N) is 1. The van der Waals surface area contributed by atoms with E-state index in [1.807, 2.05) is 0 Å². The van der Waals surface area contributed by atoms with Gasteiger partial charge >= 0.3 is 5.69 Å². The normalized spacial score (nSPS) is 20.0. The monoisotopic (exact) mass is 300 g/mol. The van der Waals surface area contributed by atoms with E-state index in [0.29, 0.717) is 6.54 Å². The molecule has 1 saturated heterocycles. The average molecular weight is 300 g/mol. The maximum atomic E-state index is 12.5. The molecule has 0 unspecified atom stereocenters. The first kappa shape index (κ1) is 14.8. The third kappa shape index (κ3) is 2.79. The van der Waals surface area contributed by atoms with Crippen molar-refractivity contribution in [1.29, 1.82) is 0 Å². The molecule has 0 saturated carbocycles. The van der Waals surface area contributed by atoms with E-state index in [1.54, 1.807) is 0 Å².